The zero-order chi connectivity index (χ0) is 19.3. The van der Waals surface area contributed by atoms with Crippen LogP contribution in [-0.4, -0.2) is 45.7 Å². The number of imide groups is 1. The SMILES string of the molecule is CC(=N)NCCCCC(CC#N)(C(=O)O)N1C(=O)c2ccccc2C1=O.Cl. The first-order chi connectivity index (χ1) is 12.3. The molecule has 9 heteroatoms. The smallest absolute Gasteiger partial charge is 0.331 e. The fraction of sp³-hybridized carbons (Fsp3) is 0.389. The Labute approximate surface area is 163 Å². The number of rotatable bonds is 8. The molecular formula is C18H21ClN4O4. The topological polar surface area (TPSA) is 134 Å². The van der Waals surface area contributed by atoms with Crippen LogP contribution in [0.3, 0.4) is 0 Å². The maximum atomic E-state index is 12.7. The summed E-state index contributed by atoms with van der Waals surface area (Å²) in [4.78, 5) is 38.2. The zero-order valence-electron chi connectivity index (χ0n) is 14.8. The molecule has 1 aliphatic rings. The molecule has 1 aliphatic heterocycles. The van der Waals surface area contributed by atoms with E-state index in [1.165, 1.54) is 12.1 Å². The molecule has 0 bridgehead atoms. The van der Waals surface area contributed by atoms with Gasteiger partial charge in [0.25, 0.3) is 11.8 Å². The van der Waals surface area contributed by atoms with Gasteiger partial charge in [-0.2, -0.15) is 5.26 Å². The molecule has 1 unspecified atom stereocenters. The first-order valence-electron chi connectivity index (χ1n) is 8.22. The van der Waals surface area contributed by atoms with Crippen LogP contribution in [0.2, 0.25) is 0 Å². The summed E-state index contributed by atoms with van der Waals surface area (Å²) < 4.78 is 0. The lowest BCUT2D eigenvalue weighted by atomic mass is 9.87. The molecule has 144 valence electrons. The first kappa shape index (κ1) is 22.1. The van der Waals surface area contributed by atoms with Gasteiger partial charge in [0.1, 0.15) is 0 Å². The highest BCUT2D eigenvalue weighted by Crippen LogP contribution is 2.35. The molecule has 27 heavy (non-hydrogen) atoms. The fourth-order valence-corrected chi connectivity index (χ4v) is 3.08. The Kier molecular flexibility index (Phi) is 7.49. The van der Waals surface area contributed by atoms with Crippen LogP contribution in [0.1, 0.15) is 53.3 Å². The van der Waals surface area contributed by atoms with E-state index in [1.807, 2.05) is 6.07 Å². The highest BCUT2D eigenvalue weighted by atomic mass is 35.5. The van der Waals surface area contributed by atoms with Crippen LogP contribution in [0.15, 0.2) is 24.3 Å². The van der Waals surface area contributed by atoms with Crippen molar-refractivity contribution in [3.8, 4) is 6.07 Å². The van der Waals surface area contributed by atoms with Gasteiger partial charge in [0.2, 0.25) is 0 Å². The third kappa shape index (κ3) is 4.26. The van der Waals surface area contributed by atoms with Crippen molar-refractivity contribution in [3.05, 3.63) is 35.4 Å². The predicted molar refractivity (Wildman–Crippen MR) is 100 cm³/mol. The van der Waals surface area contributed by atoms with Gasteiger partial charge in [0.05, 0.1) is 29.5 Å². The predicted octanol–water partition coefficient (Wildman–Crippen LogP) is 2.20. The third-order valence-corrected chi connectivity index (χ3v) is 4.40. The molecule has 2 amide bonds. The molecule has 0 aliphatic carbocycles. The lowest BCUT2D eigenvalue weighted by Crippen LogP contribution is -2.57. The normalized spacial score (nSPS) is 14.6. The third-order valence-electron chi connectivity index (χ3n) is 4.40. The number of carbonyl (C=O) groups is 3. The van der Waals surface area contributed by atoms with Gasteiger partial charge >= 0.3 is 5.97 Å². The molecular weight excluding hydrogens is 372 g/mol. The Morgan fingerprint density at radius 2 is 1.81 bits per heavy atom. The second-order valence-electron chi connectivity index (χ2n) is 6.17. The van der Waals surface area contributed by atoms with Gasteiger partial charge in [-0.1, -0.05) is 12.1 Å². The van der Waals surface area contributed by atoms with E-state index >= 15 is 0 Å². The number of aliphatic carboxylic acids is 1. The summed E-state index contributed by atoms with van der Waals surface area (Å²) >= 11 is 0. The molecule has 0 radical (unpaired) electrons. The van der Waals surface area contributed by atoms with Crippen LogP contribution in [0.4, 0.5) is 0 Å². The van der Waals surface area contributed by atoms with Crippen LogP contribution < -0.4 is 5.32 Å². The molecule has 0 spiro atoms. The Morgan fingerprint density at radius 1 is 1.26 bits per heavy atom. The molecule has 1 aromatic rings. The van der Waals surface area contributed by atoms with Gasteiger partial charge < -0.3 is 10.4 Å². The molecule has 0 saturated heterocycles. The lowest BCUT2D eigenvalue weighted by Gasteiger charge is -2.35. The number of hydrogen-bond donors (Lipinski definition) is 3. The van der Waals surface area contributed by atoms with Crippen molar-refractivity contribution in [1.29, 1.82) is 10.7 Å². The summed E-state index contributed by atoms with van der Waals surface area (Å²) in [6.07, 6.45) is 0.409. The minimum atomic E-state index is -1.90. The van der Waals surface area contributed by atoms with Gasteiger partial charge in [-0.25, -0.2) is 4.79 Å². The minimum absolute atomic E-state index is 0. The number of carbonyl (C=O) groups excluding carboxylic acids is 2. The fourth-order valence-electron chi connectivity index (χ4n) is 3.08. The van der Waals surface area contributed by atoms with Gasteiger partial charge in [0.15, 0.2) is 5.54 Å². The summed E-state index contributed by atoms with van der Waals surface area (Å²) in [7, 11) is 0. The average molecular weight is 393 g/mol. The number of carboxylic acids is 1. The second kappa shape index (κ2) is 9.14. The van der Waals surface area contributed by atoms with Crippen LogP contribution in [0.25, 0.3) is 0 Å². The zero-order valence-corrected chi connectivity index (χ0v) is 15.6. The number of unbranched alkanes of at least 4 members (excludes halogenated alkanes) is 1. The number of nitrogens with zero attached hydrogens (tertiary/aromatic N) is 2. The molecule has 0 fully saturated rings. The van der Waals surface area contributed by atoms with Gasteiger partial charge in [-0.05, 0) is 38.3 Å². The second-order valence-corrected chi connectivity index (χ2v) is 6.17. The quantitative estimate of drug-likeness (QED) is 0.268. The van der Waals surface area contributed by atoms with Gasteiger partial charge in [-0.3, -0.25) is 19.9 Å². The number of benzene rings is 1. The lowest BCUT2D eigenvalue weighted by molar-refractivity contribution is -0.148. The van der Waals surface area contributed by atoms with E-state index in [0.29, 0.717) is 25.2 Å². The van der Waals surface area contributed by atoms with Crippen molar-refractivity contribution < 1.29 is 19.5 Å². The Hall–Kier alpha value is -2.92. The molecule has 2 rings (SSSR count). The van der Waals surface area contributed by atoms with E-state index in [-0.39, 0.29) is 30.0 Å². The number of hydrogen-bond acceptors (Lipinski definition) is 5. The molecule has 1 heterocycles. The highest BCUT2D eigenvalue weighted by molar-refractivity contribution is 6.23. The van der Waals surface area contributed by atoms with Crippen molar-refractivity contribution in [2.75, 3.05) is 6.54 Å². The molecule has 3 N–H and O–H groups in total. The van der Waals surface area contributed by atoms with E-state index in [4.69, 9.17) is 5.41 Å². The molecule has 8 nitrogen and oxygen atoms in total. The number of halogens is 1. The van der Waals surface area contributed by atoms with Crippen LogP contribution >= 0.6 is 12.4 Å². The molecule has 1 aromatic carbocycles. The van der Waals surface area contributed by atoms with Crippen molar-refractivity contribution in [2.24, 2.45) is 0 Å². The Balaban J connectivity index is 0.00000364. The molecule has 1 atom stereocenters. The number of amides is 2. The monoisotopic (exact) mass is 392 g/mol. The largest absolute Gasteiger partial charge is 0.479 e. The Morgan fingerprint density at radius 3 is 2.26 bits per heavy atom. The number of nitriles is 1. The average Bonchev–Trinajstić information content (AvgIpc) is 2.85. The van der Waals surface area contributed by atoms with Crippen LogP contribution in [0, 0.1) is 16.7 Å². The number of fused-ring (bicyclic) bond motifs is 1. The summed E-state index contributed by atoms with van der Waals surface area (Å²) in [5.41, 5.74) is -1.59. The van der Waals surface area contributed by atoms with Gasteiger partial charge in [-0.15, -0.1) is 12.4 Å². The summed E-state index contributed by atoms with van der Waals surface area (Å²) in [5, 5.41) is 29.1. The maximum Gasteiger partial charge on any atom is 0.331 e. The van der Waals surface area contributed by atoms with E-state index in [0.717, 1.165) is 4.90 Å². The number of nitrogens with one attached hydrogen (secondary N) is 2. The maximum absolute atomic E-state index is 12.7. The van der Waals surface area contributed by atoms with Gasteiger partial charge in [0, 0.05) is 6.54 Å². The van der Waals surface area contributed by atoms with E-state index in [2.05, 4.69) is 5.32 Å². The highest BCUT2D eigenvalue weighted by Gasteiger charge is 2.53. The van der Waals surface area contributed by atoms with Crippen molar-refractivity contribution in [1.82, 2.24) is 10.2 Å². The van der Waals surface area contributed by atoms with E-state index in [1.54, 1.807) is 19.1 Å². The molecule has 0 saturated carbocycles. The Bertz CT molecular complexity index is 770. The first-order valence-corrected chi connectivity index (χ1v) is 8.22. The van der Waals surface area contributed by atoms with Crippen LogP contribution in [0.5, 0.6) is 0 Å². The summed E-state index contributed by atoms with van der Waals surface area (Å²) in [6, 6.07) is 7.98. The summed E-state index contributed by atoms with van der Waals surface area (Å²) in [5.74, 6) is -2.44. The van der Waals surface area contributed by atoms with Crippen molar-refractivity contribution in [2.45, 2.75) is 38.1 Å². The standard InChI is InChI=1S/C18H20N4O4.ClH/c1-12(20)21-11-5-4-8-18(9-10-19,17(25)26)22-15(23)13-6-2-3-7-14(13)16(22)24;/h2-3,6-7H,4-5,8-9,11H2,1H3,(H2,20,21)(H,25,26);1H. The van der Waals surface area contributed by atoms with E-state index < -0.39 is 29.7 Å². The van der Waals surface area contributed by atoms with Crippen LogP contribution in [-0.2, 0) is 4.79 Å². The summed E-state index contributed by atoms with van der Waals surface area (Å²) in [6.45, 7) is 2.07. The van der Waals surface area contributed by atoms with Crippen molar-refractivity contribution >= 4 is 36.0 Å². The van der Waals surface area contributed by atoms with E-state index in [9.17, 15) is 24.8 Å². The number of carboxylic acid groups (broad SMARTS) is 1. The minimum Gasteiger partial charge on any atom is -0.479 e. The number of amidine groups is 1. The van der Waals surface area contributed by atoms with Crippen molar-refractivity contribution in [3.63, 3.8) is 0 Å². The molecule has 0 aromatic heterocycles.